The second-order valence-electron chi connectivity index (χ2n) is 4.99. The summed E-state index contributed by atoms with van der Waals surface area (Å²) in [6.07, 6.45) is 0. The minimum Gasteiger partial charge on any atom is -0.440 e. The molecular formula is C16H10F2N2O3. The van der Waals surface area contributed by atoms with Crippen LogP contribution in [0.4, 0.5) is 8.78 Å². The number of rotatable bonds is 1. The van der Waals surface area contributed by atoms with Gasteiger partial charge in [-0.2, -0.15) is 5.26 Å². The molecule has 0 fully saturated rings. The maximum Gasteiger partial charge on any atom is 0.343 e. The smallest absolute Gasteiger partial charge is 0.343 e. The van der Waals surface area contributed by atoms with Crippen molar-refractivity contribution in [2.75, 3.05) is 0 Å². The lowest BCUT2D eigenvalue weighted by molar-refractivity contribution is 0.369. The fraction of sp³-hybridized carbons (Fsp3) is 0.125. The number of hydrogen-bond donors (Lipinski definition) is 1. The highest BCUT2D eigenvalue weighted by atomic mass is 19.2. The number of halogens is 2. The van der Waals surface area contributed by atoms with E-state index in [0.717, 1.165) is 6.07 Å². The molecule has 116 valence electrons. The van der Waals surface area contributed by atoms with Crippen LogP contribution in [0, 0.1) is 29.9 Å². The van der Waals surface area contributed by atoms with Crippen LogP contribution in [-0.2, 0) is 0 Å². The number of nitrogens with zero attached hydrogens (tertiary/aromatic N) is 1. The molecule has 2 N–H and O–H groups in total. The second kappa shape index (κ2) is 5.25. The Kier molecular flexibility index (Phi) is 3.37. The summed E-state index contributed by atoms with van der Waals surface area (Å²) in [6.45, 7) is 1.53. The number of hydrogen-bond acceptors (Lipinski definition) is 5. The van der Waals surface area contributed by atoms with Gasteiger partial charge < -0.3 is 14.9 Å². The Hall–Kier alpha value is -3.14. The molecule has 2 heterocycles. The average Bonchev–Trinajstić information content (AvgIpc) is 2.48. The minimum atomic E-state index is -1.20. The van der Waals surface area contributed by atoms with Crippen molar-refractivity contribution in [3.05, 3.63) is 74.7 Å². The van der Waals surface area contributed by atoms with Crippen LogP contribution in [0.3, 0.4) is 0 Å². The van der Waals surface area contributed by atoms with E-state index in [2.05, 4.69) is 0 Å². The first-order valence-electron chi connectivity index (χ1n) is 6.60. The molecule has 0 amide bonds. The largest absolute Gasteiger partial charge is 0.440 e. The Bertz CT molecular complexity index is 941. The van der Waals surface area contributed by atoms with E-state index in [1.54, 1.807) is 6.07 Å². The molecule has 1 aromatic carbocycles. The Morgan fingerprint density at radius 3 is 2.78 bits per heavy atom. The summed E-state index contributed by atoms with van der Waals surface area (Å²) in [5.74, 6) is -3.40. The summed E-state index contributed by atoms with van der Waals surface area (Å²) in [7, 11) is 0. The molecule has 0 radical (unpaired) electrons. The molecule has 1 aliphatic heterocycles. The van der Waals surface area contributed by atoms with E-state index in [9.17, 15) is 18.8 Å². The molecule has 0 unspecified atom stereocenters. The van der Waals surface area contributed by atoms with Crippen LogP contribution in [0.25, 0.3) is 0 Å². The van der Waals surface area contributed by atoms with Crippen LogP contribution >= 0.6 is 0 Å². The monoisotopic (exact) mass is 316 g/mol. The molecular weight excluding hydrogens is 306 g/mol. The molecule has 0 saturated heterocycles. The highest BCUT2D eigenvalue weighted by Crippen LogP contribution is 2.41. The molecule has 7 heteroatoms. The SMILES string of the molecule is Cc1cc2c(c(=O)o1)[C@@H](c1cccc(F)c1F)C(C#N)=C(N)O2. The van der Waals surface area contributed by atoms with E-state index in [1.165, 1.54) is 25.1 Å². The first-order chi connectivity index (χ1) is 10.9. The predicted molar refractivity (Wildman–Crippen MR) is 75.4 cm³/mol. The van der Waals surface area contributed by atoms with E-state index < -0.39 is 23.2 Å². The third kappa shape index (κ3) is 2.25. The Morgan fingerprint density at radius 1 is 1.35 bits per heavy atom. The first kappa shape index (κ1) is 14.8. The zero-order valence-corrected chi connectivity index (χ0v) is 11.9. The fourth-order valence-corrected chi connectivity index (χ4v) is 2.57. The minimum absolute atomic E-state index is 0.0592. The molecule has 0 saturated carbocycles. The standard InChI is InChI=1S/C16H10F2N2O3/c1-7-5-11-13(16(21)22-7)12(9(6-19)15(20)23-11)8-3-2-4-10(17)14(8)18/h2-5,12H,20H2,1H3/t12-/m0/s1. The summed E-state index contributed by atoms with van der Waals surface area (Å²) < 4.78 is 38.1. The molecule has 0 aliphatic carbocycles. The summed E-state index contributed by atoms with van der Waals surface area (Å²) in [5, 5.41) is 9.31. The van der Waals surface area contributed by atoms with Crippen molar-refractivity contribution in [3.63, 3.8) is 0 Å². The second-order valence-corrected chi connectivity index (χ2v) is 4.99. The van der Waals surface area contributed by atoms with Gasteiger partial charge in [-0.1, -0.05) is 12.1 Å². The van der Waals surface area contributed by atoms with E-state index in [0.29, 0.717) is 0 Å². The van der Waals surface area contributed by atoms with Crippen molar-refractivity contribution < 1.29 is 17.9 Å². The number of allylic oxidation sites excluding steroid dienone is 1. The highest BCUT2D eigenvalue weighted by Gasteiger charge is 2.36. The van der Waals surface area contributed by atoms with E-state index in [-0.39, 0.29) is 34.1 Å². The van der Waals surface area contributed by atoms with Gasteiger partial charge in [0.1, 0.15) is 23.2 Å². The lowest BCUT2D eigenvalue weighted by Gasteiger charge is -2.25. The molecule has 1 aliphatic rings. The van der Waals surface area contributed by atoms with Crippen molar-refractivity contribution >= 4 is 0 Å². The quantitative estimate of drug-likeness (QED) is 0.873. The maximum absolute atomic E-state index is 14.2. The number of benzene rings is 1. The summed E-state index contributed by atoms with van der Waals surface area (Å²) in [4.78, 5) is 12.2. The van der Waals surface area contributed by atoms with Gasteiger partial charge in [-0.05, 0) is 13.0 Å². The zero-order chi connectivity index (χ0) is 16.7. The summed E-state index contributed by atoms with van der Waals surface area (Å²) in [6, 6.07) is 6.70. The van der Waals surface area contributed by atoms with E-state index in [1.807, 2.05) is 0 Å². The first-order valence-corrected chi connectivity index (χ1v) is 6.60. The Balaban J connectivity index is 2.37. The summed E-state index contributed by atoms with van der Waals surface area (Å²) in [5.41, 5.74) is 4.45. The van der Waals surface area contributed by atoms with Gasteiger partial charge in [-0.3, -0.25) is 0 Å². The van der Waals surface area contributed by atoms with Crippen molar-refractivity contribution in [3.8, 4) is 11.8 Å². The highest BCUT2D eigenvalue weighted by molar-refractivity contribution is 5.54. The van der Waals surface area contributed by atoms with E-state index >= 15 is 0 Å². The number of nitrogens with two attached hydrogens (primary N) is 1. The van der Waals surface area contributed by atoms with Crippen molar-refractivity contribution in [1.82, 2.24) is 0 Å². The maximum atomic E-state index is 14.2. The normalized spacial score (nSPS) is 16.5. The van der Waals surface area contributed by atoms with Gasteiger partial charge in [0.15, 0.2) is 11.6 Å². The molecule has 0 bridgehead atoms. The van der Waals surface area contributed by atoms with Crippen LogP contribution < -0.4 is 16.1 Å². The topological polar surface area (TPSA) is 89.2 Å². The molecule has 1 atom stereocenters. The third-order valence-electron chi connectivity index (χ3n) is 3.55. The van der Waals surface area contributed by atoms with Crippen molar-refractivity contribution in [2.45, 2.75) is 12.8 Å². The van der Waals surface area contributed by atoms with Crippen LogP contribution in [0.15, 0.2) is 44.9 Å². The van der Waals surface area contributed by atoms with Crippen LogP contribution in [0.1, 0.15) is 22.8 Å². The number of aryl methyl sites for hydroxylation is 1. The van der Waals surface area contributed by atoms with Gasteiger partial charge >= 0.3 is 5.63 Å². The van der Waals surface area contributed by atoms with Crippen LogP contribution in [0.2, 0.25) is 0 Å². The van der Waals surface area contributed by atoms with E-state index in [4.69, 9.17) is 14.9 Å². The van der Waals surface area contributed by atoms with Crippen LogP contribution in [-0.4, -0.2) is 0 Å². The molecule has 1 aromatic heterocycles. The summed E-state index contributed by atoms with van der Waals surface area (Å²) >= 11 is 0. The average molecular weight is 316 g/mol. The van der Waals surface area contributed by atoms with Gasteiger partial charge in [-0.25, -0.2) is 13.6 Å². The molecule has 5 nitrogen and oxygen atoms in total. The fourth-order valence-electron chi connectivity index (χ4n) is 2.57. The van der Waals surface area contributed by atoms with Gasteiger partial charge in [0.25, 0.3) is 0 Å². The van der Waals surface area contributed by atoms with Crippen molar-refractivity contribution in [2.24, 2.45) is 5.73 Å². The molecule has 2 aromatic rings. The lowest BCUT2D eigenvalue weighted by atomic mass is 9.84. The predicted octanol–water partition coefficient (Wildman–Crippen LogP) is 2.44. The van der Waals surface area contributed by atoms with Gasteiger partial charge in [0.05, 0.1) is 11.5 Å². The zero-order valence-electron chi connectivity index (χ0n) is 11.9. The van der Waals surface area contributed by atoms with Crippen molar-refractivity contribution in [1.29, 1.82) is 5.26 Å². The van der Waals surface area contributed by atoms with Crippen LogP contribution in [0.5, 0.6) is 5.75 Å². The van der Waals surface area contributed by atoms with Gasteiger partial charge in [-0.15, -0.1) is 0 Å². The number of nitriles is 1. The number of fused-ring (bicyclic) bond motifs is 1. The van der Waals surface area contributed by atoms with Gasteiger partial charge in [0.2, 0.25) is 5.88 Å². The molecule has 0 spiro atoms. The Labute approximate surface area is 129 Å². The third-order valence-corrected chi connectivity index (χ3v) is 3.55. The lowest BCUT2D eigenvalue weighted by Crippen LogP contribution is -2.27. The molecule has 23 heavy (non-hydrogen) atoms. The number of ether oxygens (including phenoxy) is 1. The van der Waals surface area contributed by atoms with Gasteiger partial charge in [0, 0.05) is 11.6 Å². The Morgan fingerprint density at radius 2 is 2.09 bits per heavy atom. The molecule has 3 rings (SSSR count).